The Morgan fingerprint density at radius 2 is 1.08 bits per heavy atom. The molecule has 0 saturated carbocycles. The number of hydrogen-bond acceptors (Lipinski definition) is 0. The van der Waals surface area contributed by atoms with Crippen LogP contribution in [0.3, 0.4) is 0 Å². The van der Waals surface area contributed by atoms with Crippen molar-refractivity contribution in [3.05, 3.63) is 78.9 Å². The van der Waals surface area contributed by atoms with Crippen LogP contribution in [0.5, 0.6) is 0 Å². The normalized spacial score (nSPS) is 12.0. The highest BCUT2D eigenvalue weighted by molar-refractivity contribution is 6.89. The zero-order valence-corrected chi connectivity index (χ0v) is 15.5. The predicted molar refractivity (Wildman–Crippen MR) is 110 cm³/mol. The molecule has 0 aliphatic carbocycles. The molecule has 4 aromatic rings. The first-order valence-corrected chi connectivity index (χ1v) is 12.1. The molecule has 4 rings (SSSR count). The summed E-state index contributed by atoms with van der Waals surface area (Å²) < 4.78 is 0. The van der Waals surface area contributed by atoms with E-state index in [9.17, 15) is 0 Å². The molecule has 24 heavy (non-hydrogen) atoms. The third kappa shape index (κ3) is 2.46. The first-order valence-electron chi connectivity index (χ1n) is 8.56. The van der Waals surface area contributed by atoms with Gasteiger partial charge in [0.25, 0.3) is 0 Å². The van der Waals surface area contributed by atoms with Crippen LogP contribution in [-0.4, -0.2) is 8.07 Å². The number of rotatable bonds is 2. The van der Waals surface area contributed by atoms with Gasteiger partial charge in [-0.3, -0.25) is 0 Å². The largest absolute Gasteiger partial charge is 0.0784 e. The molecule has 118 valence electrons. The zero-order valence-electron chi connectivity index (χ0n) is 14.5. The van der Waals surface area contributed by atoms with E-state index in [1.807, 2.05) is 0 Å². The van der Waals surface area contributed by atoms with Gasteiger partial charge in [0.05, 0.1) is 8.07 Å². The Labute approximate surface area is 144 Å². The maximum atomic E-state index is 2.43. The first-order chi connectivity index (χ1) is 11.6. The van der Waals surface area contributed by atoms with Crippen molar-refractivity contribution in [1.82, 2.24) is 0 Å². The molecule has 0 saturated heterocycles. The highest BCUT2D eigenvalue weighted by Gasteiger charge is 2.22. The fourth-order valence-electron chi connectivity index (χ4n) is 3.66. The summed E-state index contributed by atoms with van der Waals surface area (Å²) in [6, 6.07) is 28.8. The summed E-state index contributed by atoms with van der Waals surface area (Å²) in [6.07, 6.45) is 0. The minimum Gasteiger partial charge on any atom is -0.0656 e. The van der Waals surface area contributed by atoms with Gasteiger partial charge < -0.3 is 0 Å². The molecule has 0 unspecified atom stereocenters. The van der Waals surface area contributed by atoms with Crippen molar-refractivity contribution < 1.29 is 0 Å². The maximum Gasteiger partial charge on any atom is 0.0784 e. The van der Waals surface area contributed by atoms with Crippen LogP contribution >= 0.6 is 0 Å². The SMILES string of the molecule is C[Si](C)(C)c1ccccc1-c1c2ccccc2cc2ccccc12. The summed E-state index contributed by atoms with van der Waals surface area (Å²) in [5.74, 6) is 0. The molecule has 4 aromatic carbocycles. The molecule has 0 aliphatic rings. The standard InChI is InChI=1S/C23H22Si/c1-24(2,3)22-15-9-8-14-21(22)23-19-12-6-4-10-17(19)16-18-11-5-7-13-20(18)23/h4-16H,1-3H3. The van der Waals surface area contributed by atoms with Gasteiger partial charge in [0, 0.05) is 0 Å². The van der Waals surface area contributed by atoms with Crippen LogP contribution in [0.1, 0.15) is 0 Å². The molecule has 0 amide bonds. The molecule has 0 aliphatic heterocycles. The molecule has 0 fully saturated rings. The lowest BCUT2D eigenvalue weighted by atomic mass is 9.92. The second-order valence-electron chi connectivity index (χ2n) is 7.49. The van der Waals surface area contributed by atoms with Crippen LogP contribution in [0.2, 0.25) is 19.6 Å². The van der Waals surface area contributed by atoms with Crippen molar-refractivity contribution in [3.63, 3.8) is 0 Å². The lowest BCUT2D eigenvalue weighted by Gasteiger charge is -2.23. The summed E-state index contributed by atoms with van der Waals surface area (Å²) in [5, 5.41) is 6.86. The fourth-order valence-corrected chi connectivity index (χ4v) is 5.27. The van der Waals surface area contributed by atoms with Crippen molar-refractivity contribution in [2.75, 3.05) is 0 Å². The molecular weight excluding hydrogens is 304 g/mol. The van der Waals surface area contributed by atoms with E-state index in [1.165, 1.54) is 37.9 Å². The van der Waals surface area contributed by atoms with Crippen LogP contribution in [0.4, 0.5) is 0 Å². The Kier molecular flexibility index (Phi) is 3.54. The summed E-state index contributed by atoms with van der Waals surface area (Å²) in [7, 11) is -1.44. The Balaban J connectivity index is 2.21. The van der Waals surface area contributed by atoms with Crippen molar-refractivity contribution in [2.24, 2.45) is 0 Å². The Morgan fingerprint density at radius 1 is 0.583 bits per heavy atom. The highest BCUT2D eigenvalue weighted by atomic mass is 28.3. The molecule has 0 nitrogen and oxygen atoms in total. The lowest BCUT2D eigenvalue weighted by Crippen LogP contribution is -2.38. The predicted octanol–water partition coefficient (Wildman–Crippen LogP) is 6.21. The lowest BCUT2D eigenvalue weighted by molar-refractivity contribution is 1.66. The minimum absolute atomic E-state index is 1.32. The molecule has 0 heterocycles. The molecule has 1 heteroatoms. The third-order valence-electron chi connectivity index (χ3n) is 4.78. The Bertz CT molecular complexity index is 984. The van der Waals surface area contributed by atoms with Gasteiger partial charge in [-0.1, -0.05) is 97.6 Å². The Hall–Kier alpha value is -2.38. The second-order valence-corrected chi connectivity index (χ2v) is 12.5. The number of benzene rings is 4. The van der Waals surface area contributed by atoms with Gasteiger partial charge in [-0.25, -0.2) is 0 Å². The van der Waals surface area contributed by atoms with Gasteiger partial charge in [0.1, 0.15) is 0 Å². The van der Waals surface area contributed by atoms with E-state index in [0.29, 0.717) is 0 Å². The molecule has 0 bridgehead atoms. The Morgan fingerprint density at radius 3 is 1.67 bits per heavy atom. The highest BCUT2D eigenvalue weighted by Crippen LogP contribution is 2.36. The van der Waals surface area contributed by atoms with Crippen LogP contribution in [0.25, 0.3) is 32.7 Å². The van der Waals surface area contributed by atoms with Gasteiger partial charge in [-0.05, 0) is 38.7 Å². The topological polar surface area (TPSA) is 0 Å². The number of hydrogen-bond donors (Lipinski definition) is 0. The van der Waals surface area contributed by atoms with Crippen molar-refractivity contribution >= 4 is 34.8 Å². The maximum absolute atomic E-state index is 2.43. The van der Waals surface area contributed by atoms with E-state index in [4.69, 9.17) is 0 Å². The summed E-state index contributed by atoms with van der Waals surface area (Å²) in [5.41, 5.74) is 2.80. The molecule has 0 N–H and O–H groups in total. The van der Waals surface area contributed by atoms with Gasteiger partial charge in [-0.15, -0.1) is 0 Å². The van der Waals surface area contributed by atoms with Crippen molar-refractivity contribution in [1.29, 1.82) is 0 Å². The molecule has 0 spiro atoms. The van der Waals surface area contributed by atoms with Crippen molar-refractivity contribution in [2.45, 2.75) is 19.6 Å². The third-order valence-corrected chi connectivity index (χ3v) is 6.83. The van der Waals surface area contributed by atoms with Crippen LogP contribution in [-0.2, 0) is 0 Å². The minimum atomic E-state index is -1.44. The van der Waals surface area contributed by atoms with Gasteiger partial charge in [-0.2, -0.15) is 0 Å². The van der Waals surface area contributed by atoms with E-state index >= 15 is 0 Å². The van der Waals surface area contributed by atoms with Gasteiger partial charge in [0.2, 0.25) is 0 Å². The van der Waals surface area contributed by atoms with Gasteiger partial charge in [0.15, 0.2) is 0 Å². The van der Waals surface area contributed by atoms with E-state index < -0.39 is 8.07 Å². The van der Waals surface area contributed by atoms with E-state index in [1.54, 1.807) is 0 Å². The van der Waals surface area contributed by atoms with Crippen LogP contribution < -0.4 is 5.19 Å². The average Bonchev–Trinajstić information content (AvgIpc) is 2.59. The first kappa shape index (κ1) is 15.2. The molecular formula is C23H22Si. The smallest absolute Gasteiger partial charge is 0.0656 e. The fraction of sp³-hybridized carbons (Fsp3) is 0.130. The quantitative estimate of drug-likeness (QED) is 0.304. The van der Waals surface area contributed by atoms with E-state index in [2.05, 4.69) is 98.5 Å². The van der Waals surface area contributed by atoms with E-state index in [-0.39, 0.29) is 0 Å². The van der Waals surface area contributed by atoms with E-state index in [0.717, 1.165) is 0 Å². The zero-order chi connectivity index (χ0) is 16.7. The molecule has 0 radical (unpaired) electrons. The average molecular weight is 327 g/mol. The number of fused-ring (bicyclic) bond motifs is 2. The van der Waals surface area contributed by atoms with Crippen molar-refractivity contribution in [3.8, 4) is 11.1 Å². The monoisotopic (exact) mass is 326 g/mol. The summed E-state index contributed by atoms with van der Waals surface area (Å²) >= 11 is 0. The van der Waals surface area contributed by atoms with Gasteiger partial charge >= 0.3 is 0 Å². The van der Waals surface area contributed by atoms with Crippen LogP contribution in [0.15, 0.2) is 78.9 Å². The molecule has 0 aromatic heterocycles. The summed E-state index contributed by atoms with van der Waals surface area (Å²) in [6.45, 7) is 7.29. The van der Waals surface area contributed by atoms with Crippen LogP contribution in [0, 0.1) is 0 Å². The summed E-state index contributed by atoms with van der Waals surface area (Å²) in [4.78, 5) is 0. The molecule has 0 atom stereocenters. The second kappa shape index (κ2) is 5.61.